The average Bonchev–Trinajstić information content (AvgIpc) is 2.72. The van der Waals surface area contributed by atoms with Gasteiger partial charge >= 0.3 is 0 Å². The molecule has 0 fully saturated rings. The highest BCUT2D eigenvalue weighted by atomic mass is 16.5. The summed E-state index contributed by atoms with van der Waals surface area (Å²) in [6, 6.07) is 19.2. The number of nitrogens with zero attached hydrogens (tertiary/aromatic N) is 1. The Balaban J connectivity index is 1.62. The van der Waals surface area contributed by atoms with Crippen LogP contribution in [0.5, 0.6) is 5.75 Å². The van der Waals surface area contributed by atoms with E-state index in [1.54, 1.807) is 12.4 Å². The molecule has 0 unspecified atom stereocenters. The van der Waals surface area contributed by atoms with Crippen molar-refractivity contribution in [2.75, 3.05) is 6.61 Å². The van der Waals surface area contributed by atoms with E-state index in [-0.39, 0.29) is 5.91 Å². The molecule has 0 spiro atoms. The molecule has 0 bridgehead atoms. The minimum Gasteiger partial charge on any atom is -0.494 e. The van der Waals surface area contributed by atoms with Gasteiger partial charge in [0.05, 0.1) is 6.61 Å². The lowest BCUT2D eigenvalue weighted by Gasteiger charge is -2.09. The van der Waals surface area contributed by atoms with Crippen molar-refractivity contribution >= 4 is 5.91 Å². The van der Waals surface area contributed by atoms with Gasteiger partial charge in [-0.2, -0.15) is 0 Å². The lowest BCUT2D eigenvalue weighted by molar-refractivity contribution is 0.0951. The summed E-state index contributed by atoms with van der Waals surface area (Å²) < 4.78 is 5.57. The molecule has 0 aliphatic heterocycles. The zero-order valence-electron chi connectivity index (χ0n) is 14.8. The topological polar surface area (TPSA) is 51.2 Å². The lowest BCUT2D eigenvalue weighted by Crippen LogP contribution is -2.22. The van der Waals surface area contributed by atoms with Crippen LogP contribution in [0.25, 0.3) is 11.1 Å². The number of benzene rings is 2. The normalized spacial score (nSPS) is 10.3. The van der Waals surface area contributed by atoms with E-state index in [0.717, 1.165) is 28.9 Å². The Morgan fingerprint density at radius 3 is 2.58 bits per heavy atom. The van der Waals surface area contributed by atoms with Crippen LogP contribution in [0.2, 0.25) is 0 Å². The van der Waals surface area contributed by atoms with E-state index in [1.807, 2.05) is 60.7 Å². The third-order valence-corrected chi connectivity index (χ3v) is 3.97. The van der Waals surface area contributed by atoms with E-state index in [1.165, 1.54) is 0 Å². The van der Waals surface area contributed by atoms with Crippen LogP contribution in [0.1, 0.15) is 29.3 Å². The third kappa shape index (κ3) is 4.70. The van der Waals surface area contributed by atoms with Crippen molar-refractivity contribution in [1.29, 1.82) is 0 Å². The van der Waals surface area contributed by atoms with E-state index < -0.39 is 0 Å². The van der Waals surface area contributed by atoms with Gasteiger partial charge in [0.2, 0.25) is 0 Å². The van der Waals surface area contributed by atoms with Crippen molar-refractivity contribution in [2.24, 2.45) is 0 Å². The van der Waals surface area contributed by atoms with E-state index in [0.29, 0.717) is 18.7 Å². The van der Waals surface area contributed by atoms with Crippen molar-refractivity contribution in [3.63, 3.8) is 0 Å². The average molecular weight is 346 g/mol. The molecule has 132 valence electrons. The van der Waals surface area contributed by atoms with Gasteiger partial charge in [-0.1, -0.05) is 37.3 Å². The van der Waals surface area contributed by atoms with Gasteiger partial charge in [0.1, 0.15) is 5.75 Å². The van der Waals surface area contributed by atoms with Crippen LogP contribution in [0.15, 0.2) is 73.1 Å². The standard InChI is InChI=1S/C22H22N2O2/c1-2-13-26-21-10-8-17(9-11-21)15-24-22(25)19-6-3-5-18(14-19)20-7-4-12-23-16-20/h3-12,14,16H,2,13,15H2,1H3,(H,24,25). The summed E-state index contributed by atoms with van der Waals surface area (Å²) in [6.45, 7) is 3.26. The van der Waals surface area contributed by atoms with Crippen LogP contribution in [0, 0.1) is 0 Å². The van der Waals surface area contributed by atoms with Crippen LogP contribution in [-0.4, -0.2) is 17.5 Å². The first-order chi connectivity index (χ1) is 12.8. The van der Waals surface area contributed by atoms with Gasteiger partial charge in [-0.05, 0) is 47.9 Å². The molecule has 0 aliphatic rings. The summed E-state index contributed by atoms with van der Waals surface area (Å²) in [4.78, 5) is 16.6. The number of rotatable bonds is 7. The fourth-order valence-electron chi connectivity index (χ4n) is 2.58. The maximum Gasteiger partial charge on any atom is 0.251 e. The maximum atomic E-state index is 12.5. The highest BCUT2D eigenvalue weighted by Gasteiger charge is 2.07. The van der Waals surface area contributed by atoms with Crippen LogP contribution < -0.4 is 10.1 Å². The van der Waals surface area contributed by atoms with Crippen molar-refractivity contribution in [1.82, 2.24) is 10.3 Å². The largest absolute Gasteiger partial charge is 0.494 e. The number of aromatic nitrogens is 1. The van der Waals surface area contributed by atoms with Crippen LogP contribution in [0.4, 0.5) is 0 Å². The number of amides is 1. The molecule has 0 radical (unpaired) electrons. The smallest absolute Gasteiger partial charge is 0.251 e. The van der Waals surface area contributed by atoms with E-state index in [2.05, 4.69) is 17.2 Å². The Labute approximate surface area is 153 Å². The molecule has 0 saturated carbocycles. The SMILES string of the molecule is CCCOc1ccc(CNC(=O)c2cccc(-c3cccnc3)c2)cc1. The quantitative estimate of drug-likeness (QED) is 0.687. The van der Waals surface area contributed by atoms with Gasteiger partial charge in [-0.25, -0.2) is 0 Å². The molecule has 1 heterocycles. The molecular formula is C22H22N2O2. The molecule has 0 saturated heterocycles. The van der Waals surface area contributed by atoms with Crippen LogP contribution >= 0.6 is 0 Å². The molecule has 4 nitrogen and oxygen atoms in total. The van der Waals surface area contributed by atoms with Crippen molar-refractivity contribution in [3.8, 4) is 16.9 Å². The van der Waals surface area contributed by atoms with Gasteiger partial charge in [-0.15, -0.1) is 0 Å². The van der Waals surface area contributed by atoms with Gasteiger partial charge in [-0.3, -0.25) is 9.78 Å². The predicted molar refractivity (Wildman–Crippen MR) is 103 cm³/mol. The molecule has 3 aromatic rings. The summed E-state index contributed by atoms with van der Waals surface area (Å²) in [5.74, 6) is 0.758. The Hall–Kier alpha value is -3.14. The highest BCUT2D eigenvalue weighted by Crippen LogP contribution is 2.19. The zero-order chi connectivity index (χ0) is 18.2. The number of carbonyl (C=O) groups is 1. The fraction of sp³-hybridized carbons (Fsp3) is 0.182. The fourth-order valence-corrected chi connectivity index (χ4v) is 2.58. The number of pyridine rings is 1. The molecule has 1 amide bonds. The monoisotopic (exact) mass is 346 g/mol. The molecule has 1 aromatic heterocycles. The highest BCUT2D eigenvalue weighted by molar-refractivity contribution is 5.95. The Kier molecular flexibility index (Phi) is 5.99. The zero-order valence-corrected chi connectivity index (χ0v) is 14.8. The summed E-state index contributed by atoms with van der Waals surface area (Å²) in [6.07, 6.45) is 4.51. The van der Waals surface area contributed by atoms with Gasteiger partial charge in [0, 0.05) is 30.1 Å². The van der Waals surface area contributed by atoms with E-state index >= 15 is 0 Å². The van der Waals surface area contributed by atoms with Crippen LogP contribution in [-0.2, 0) is 6.54 Å². The van der Waals surface area contributed by atoms with Crippen LogP contribution in [0.3, 0.4) is 0 Å². The molecule has 0 aliphatic carbocycles. The Morgan fingerprint density at radius 2 is 1.85 bits per heavy atom. The number of hydrogen-bond donors (Lipinski definition) is 1. The van der Waals surface area contributed by atoms with Gasteiger partial charge in [0.15, 0.2) is 0 Å². The maximum absolute atomic E-state index is 12.5. The molecule has 3 rings (SSSR count). The van der Waals surface area contributed by atoms with Gasteiger partial charge < -0.3 is 10.1 Å². The first kappa shape index (κ1) is 17.7. The second-order valence-corrected chi connectivity index (χ2v) is 6.00. The molecule has 0 atom stereocenters. The summed E-state index contributed by atoms with van der Waals surface area (Å²) >= 11 is 0. The molecule has 2 aromatic carbocycles. The molecule has 1 N–H and O–H groups in total. The van der Waals surface area contributed by atoms with Crippen molar-refractivity contribution in [2.45, 2.75) is 19.9 Å². The summed E-state index contributed by atoms with van der Waals surface area (Å²) in [5, 5.41) is 2.96. The first-order valence-electron chi connectivity index (χ1n) is 8.76. The second kappa shape index (κ2) is 8.81. The minimum atomic E-state index is -0.0953. The molecular weight excluding hydrogens is 324 g/mol. The lowest BCUT2D eigenvalue weighted by atomic mass is 10.0. The Bertz CT molecular complexity index is 846. The summed E-state index contributed by atoms with van der Waals surface area (Å²) in [5.41, 5.74) is 3.63. The van der Waals surface area contributed by atoms with E-state index in [4.69, 9.17) is 4.74 Å². The molecule has 4 heteroatoms. The summed E-state index contributed by atoms with van der Waals surface area (Å²) in [7, 11) is 0. The molecule has 26 heavy (non-hydrogen) atoms. The third-order valence-electron chi connectivity index (χ3n) is 3.97. The number of carbonyl (C=O) groups excluding carboxylic acids is 1. The van der Waals surface area contributed by atoms with Crippen molar-refractivity contribution < 1.29 is 9.53 Å². The number of ether oxygens (including phenoxy) is 1. The number of nitrogens with one attached hydrogen (secondary N) is 1. The Morgan fingerprint density at radius 1 is 1.04 bits per heavy atom. The number of hydrogen-bond acceptors (Lipinski definition) is 3. The predicted octanol–water partition coefficient (Wildman–Crippen LogP) is 4.47. The van der Waals surface area contributed by atoms with Gasteiger partial charge in [0.25, 0.3) is 5.91 Å². The minimum absolute atomic E-state index is 0.0953. The van der Waals surface area contributed by atoms with E-state index in [9.17, 15) is 4.79 Å². The first-order valence-corrected chi connectivity index (χ1v) is 8.76. The second-order valence-electron chi connectivity index (χ2n) is 6.00. The van der Waals surface area contributed by atoms with Crippen molar-refractivity contribution in [3.05, 3.63) is 84.2 Å².